The summed E-state index contributed by atoms with van der Waals surface area (Å²) >= 11 is 0. The van der Waals surface area contributed by atoms with Crippen molar-refractivity contribution in [3.8, 4) is 11.5 Å². The Balaban J connectivity index is 2.33. The lowest BCUT2D eigenvalue weighted by atomic mass is 9.86. The second-order valence-electron chi connectivity index (χ2n) is 5.99. The van der Waals surface area contributed by atoms with E-state index in [0.717, 1.165) is 5.75 Å². The van der Waals surface area contributed by atoms with Crippen LogP contribution >= 0.6 is 0 Å². The predicted octanol–water partition coefficient (Wildman–Crippen LogP) is 5.02. The summed E-state index contributed by atoms with van der Waals surface area (Å²) in [5.41, 5.74) is 1.38. The molecule has 0 atom stereocenters. The van der Waals surface area contributed by atoms with Crippen LogP contribution in [0.5, 0.6) is 11.5 Å². The van der Waals surface area contributed by atoms with Gasteiger partial charge in [-0.15, -0.1) is 0 Å². The van der Waals surface area contributed by atoms with Gasteiger partial charge in [-0.05, 0) is 31.2 Å². The Morgan fingerprint density at radius 3 is 2.15 bits per heavy atom. The maximum absolute atomic E-state index is 12.5. The largest absolute Gasteiger partial charge is 0.457 e. The number of Topliss-reactive ketones (excluding diaryl/α,β-unsaturated/α-hetero) is 1. The summed E-state index contributed by atoms with van der Waals surface area (Å²) in [6, 6.07) is 15.2. The Morgan fingerprint density at radius 1 is 0.950 bits per heavy atom. The lowest BCUT2D eigenvalue weighted by Crippen LogP contribution is -2.20. The van der Waals surface area contributed by atoms with E-state index in [1.54, 1.807) is 0 Å². The van der Waals surface area contributed by atoms with Crippen LogP contribution in [0.2, 0.25) is 0 Å². The van der Waals surface area contributed by atoms with Crippen LogP contribution in [0, 0.1) is 12.3 Å². The van der Waals surface area contributed by atoms with Crippen molar-refractivity contribution >= 4 is 5.78 Å². The highest BCUT2D eigenvalue weighted by Gasteiger charge is 2.25. The minimum absolute atomic E-state index is 0.0835. The monoisotopic (exact) mass is 268 g/mol. The number of aryl methyl sites for hydroxylation is 1. The second-order valence-corrected chi connectivity index (χ2v) is 5.99. The maximum atomic E-state index is 12.5. The van der Waals surface area contributed by atoms with E-state index < -0.39 is 5.41 Å². The first-order valence-corrected chi connectivity index (χ1v) is 6.76. The van der Waals surface area contributed by atoms with Crippen LogP contribution in [-0.2, 0) is 0 Å². The molecule has 2 nitrogen and oxygen atoms in total. The minimum atomic E-state index is -0.424. The molecule has 0 N–H and O–H groups in total. The molecule has 0 bridgehead atoms. The molecule has 0 aromatic heterocycles. The number of rotatable bonds is 3. The normalized spacial score (nSPS) is 11.2. The molecule has 2 aromatic carbocycles. The van der Waals surface area contributed by atoms with E-state index in [0.29, 0.717) is 11.3 Å². The highest BCUT2D eigenvalue weighted by Crippen LogP contribution is 2.30. The molecule has 0 unspecified atom stereocenters. The van der Waals surface area contributed by atoms with E-state index in [1.807, 2.05) is 76.2 Å². The average Bonchev–Trinajstić information content (AvgIpc) is 2.40. The molecular formula is C18H20O2. The van der Waals surface area contributed by atoms with E-state index in [2.05, 4.69) is 0 Å². The molecule has 0 saturated heterocycles. The molecule has 2 rings (SSSR count). The Bertz CT molecular complexity index is 604. The van der Waals surface area contributed by atoms with Gasteiger partial charge in [0.2, 0.25) is 0 Å². The number of ketones is 1. The lowest BCUT2D eigenvalue weighted by molar-refractivity contribution is 0.0856. The van der Waals surface area contributed by atoms with Gasteiger partial charge in [0.1, 0.15) is 11.5 Å². The molecule has 0 spiro atoms. The molecular weight excluding hydrogens is 248 g/mol. The van der Waals surface area contributed by atoms with Gasteiger partial charge in [0, 0.05) is 5.41 Å². The van der Waals surface area contributed by atoms with E-state index in [-0.39, 0.29) is 5.78 Å². The Labute approximate surface area is 120 Å². The van der Waals surface area contributed by atoms with Crippen LogP contribution in [0.25, 0.3) is 0 Å². The van der Waals surface area contributed by atoms with Crippen molar-refractivity contribution in [2.24, 2.45) is 5.41 Å². The van der Waals surface area contributed by atoms with Gasteiger partial charge >= 0.3 is 0 Å². The van der Waals surface area contributed by atoms with Crippen molar-refractivity contribution in [1.82, 2.24) is 0 Å². The highest BCUT2D eigenvalue weighted by molar-refractivity contribution is 6.02. The van der Waals surface area contributed by atoms with Crippen molar-refractivity contribution in [1.29, 1.82) is 0 Å². The maximum Gasteiger partial charge on any atom is 0.171 e. The summed E-state index contributed by atoms with van der Waals surface area (Å²) in [5, 5.41) is 0. The highest BCUT2D eigenvalue weighted by atomic mass is 16.5. The Morgan fingerprint density at radius 2 is 1.55 bits per heavy atom. The molecule has 20 heavy (non-hydrogen) atoms. The summed E-state index contributed by atoms with van der Waals surface area (Å²) in [6.45, 7) is 7.77. The van der Waals surface area contributed by atoms with Crippen LogP contribution in [0.3, 0.4) is 0 Å². The van der Waals surface area contributed by atoms with Crippen molar-refractivity contribution in [3.63, 3.8) is 0 Å². The lowest BCUT2D eigenvalue weighted by Gasteiger charge is -2.19. The SMILES string of the molecule is Cc1ccc(Oc2ccccc2C(=O)C(C)(C)C)cc1. The number of hydrogen-bond donors (Lipinski definition) is 0. The van der Waals surface area contributed by atoms with Gasteiger partial charge in [-0.2, -0.15) is 0 Å². The quantitative estimate of drug-likeness (QED) is 0.731. The van der Waals surface area contributed by atoms with Crippen LogP contribution in [0.4, 0.5) is 0 Å². The molecule has 2 heteroatoms. The molecule has 2 aromatic rings. The molecule has 0 amide bonds. The van der Waals surface area contributed by atoms with Gasteiger partial charge in [-0.1, -0.05) is 50.6 Å². The second kappa shape index (κ2) is 5.49. The first kappa shape index (κ1) is 14.3. The smallest absolute Gasteiger partial charge is 0.171 e. The number of carbonyl (C=O) groups is 1. The third kappa shape index (κ3) is 3.27. The third-order valence-electron chi connectivity index (χ3n) is 3.06. The molecule has 0 aliphatic carbocycles. The number of para-hydroxylation sites is 1. The molecule has 0 heterocycles. The molecule has 104 valence electrons. The van der Waals surface area contributed by atoms with E-state index in [9.17, 15) is 4.79 Å². The summed E-state index contributed by atoms with van der Waals surface area (Å²) in [4.78, 5) is 12.5. The fourth-order valence-electron chi connectivity index (χ4n) is 1.88. The minimum Gasteiger partial charge on any atom is -0.457 e. The van der Waals surface area contributed by atoms with Crippen LogP contribution in [-0.4, -0.2) is 5.78 Å². The van der Waals surface area contributed by atoms with Crippen LogP contribution < -0.4 is 4.74 Å². The van der Waals surface area contributed by atoms with E-state index >= 15 is 0 Å². The van der Waals surface area contributed by atoms with Crippen molar-refractivity contribution in [3.05, 3.63) is 59.7 Å². The molecule has 0 radical (unpaired) electrons. The molecule has 0 aliphatic heterocycles. The summed E-state index contributed by atoms with van der Waals surface area (Å²) < 4.78 is 5.86. The number of hydrogen-bond acceptors (Lipinski definition) is 2. The van der Waals surface area contributed by atoms with Crippen molar-refractivity contribution < 1.29 is 9.53 Å². The summed E-state index contributed by atoms with van der Waals surface area (Å²) in [5.74, 6) is 1.43. The average molecular weight is 268 g/mol. The van der Waals surface area contributed by atoms with Gasteiger partial charge in [0.25, 0.3) is 0 Å². The van der Waals surface area contributed by atoms with Crippen LogP contribution in [0.1, 0.15) is 36.7 Å². The first-order valence-electron chi connectivity index (χ1n) is 6.76. The topological polar surface area (TPSA) is 26.3 Å². The van der Waals surface area contributed by atoms with Crippen molar-refractivity contribution in [2.45, 2.75) is 27.7 Å². The molecule has 0 saturated carbocycles. The predicted molar refractivity (Wildman–Crippen MR) is 81.5 cm³/mol. The zero-order valence-corrected chi connectivity index (χ0v) is 12.4. The number of benzene rings is 2. The fraction of sp³-hybridized carbons (Fsp3) is 0.278. The fourth-order valence-corrected chi connectivity index (χ4v) is 1.88. The van der Waals surface area contributed by atoms with Gasteiger partial charge in [-0.25, -0.2) is 0 Å². The van der Waals surface area contributed by atoms with Gasteiger partial charge in [0.15, 0.2) is 5.78 Å². The zero-order chi connectivity index (χ0) is 14.8. The standard InChI is InChI=1S/C18H20O2/c1-13-9-11-14(12-10-13)20-16-8-6-5-7-15(16)17(19)18(2,3)4/h5-12H,1-4H3. The van der Waals surface area contributed by atoms with Gasteiger partial charge in [-0.3, -0.25) is 4.79 Å². The van der Waals surface area contributed by atoms with Gasteiger partial charge < -0.3 is 4.74 Å². The van der Waals surface area contributed by atoms with Crippen molar-refractivity contribution in [2.75, 3.05) is 0 Å². The van der Waals surface area contributed by atoms with Crippen LogP contribution in [0.15, 0.2) is 48.5 Å². The zero-order valence-electron chi connectivity index (χ0n) is 12.4. The van der Waals surface area contributed by atoms with Gasteiger partial charge in [0.05, 0.1) is 5.56 Å². The molecule has 0 fully saturated rings. The molecule has 0 aliphatic rings. The van der Waals surface area contributed by atoms with E-state index in [4.69, 9.17) is 4.74 Å². The van der Waals surface area contributed by atoms with E-state index in [1.165, 1.54) is 5.56 Å². The third-order valence-corrected chi connectivity index (χ3v) is 3.06. The number of ether oxygens (including phenoxy) is 1. The Hall–Kier alpha value is -2.09. The summed E-state index contributed by atoms with van der Waals surface area (Å²) in [6.07, 6.45) is 0. The first-order chi connectivity index (χ1) is 9.38. The number of carbonyl (C=O) groups excluding carboxylic acids is 1. The Kier molecular flexibility index (Phi) is 3.93. The summed E-state index contributed by atoms with van der Waals surface area (Å²) in [7, 11) is 0.